The predicted molar refractivity (Wildman–Crippen MR) is 302 cm³/mol. The average Bonchev–Trinajstić information content (AvgIpc) is 4.22. The summed E-state index contributed by atoms with van der Waals surface area (Å²) in [5.41, 5.74) is 3.95. The molecule has 16 nitrogen and oxygen atoms in total. The number of benzene rings is 2. The minimum atomic E-state index is -0.671. The van der Waals surface area contributed by atoms with Gasteiger partial charge >= 0.3 is 0 Å². The summed E-state index contributed by atoms with van der Waals surface area (Å²) in [5.74, 6) is -2.92. The van der Waals surface area contributed by atoms with Gasteiger partial charge in [-0.3, -0.25) is 38.7 Å². The van der Waals surface area contributed by atoms with Gasteiger partial charge in [-0.1, -0.05) is 50.7 Å². The molecule has 2 aromatic heterocycles. The highest BCUT2D eigenvalue weighted by atomic mass is 19.1. The smallest absolute Gasteiger partial charge is 0.254 e. The Morgan fingerprint density at radius 3 is 1.25 bits per heavy atom. The largest absolute Gasteiger partial charge is 0.349 e. The quantitative estimate of drug-likeness (QED) is 0.0563. The molecular weight excluding hydrogens is 1020 g/mol. The van der Waals surface area contributed by atoms with Gasteiger partial charge < -0.3 is 41.7 Å². The fraction of sp³-hybridized carbons (Fsp3) is 0.548. The second kappa shape index (κ2) is 26.7. The molecule has 428 valence electrons. The molecule has 4 aromatic rings. The van der Waals surface area contributed by atoms with Gasteiger partial charge in [-0.25, -0.2) is 8.78 Å². The summed E-state index contributed by atoms with van der Waals surface area (Å²) in [6, 6.07) is 9.47. The molecule has 9 rings (SSSR count). The topological polar surface area (TPSA) is 207 Å². The molecule has 0 bridgehead atoms. The van der Waals surface area contributed by atoms with Crippen molar-refractivity contribution >= 4 is 35.4 Å². The summed E-state index contributed by atoms with van der Waals surface area (Å²) in [6.07, 6.45) is 21.7. The van der Waals surface area contributed by atoms with Crippen LogP contribution in [0.15, 0.2) is 73.3 Å². The maximum Gasteiger partial charge on any atom is 0.254 e. The van der Waals surface area contributed by atoms with E-state index in [1.54, 1.807) is 64.9 Å². The van der Waals surface area contributed by atoms with Gasteiger partial charge in [0.1, 0.15) is 23.7 Å². The number of nitrogens with zero attached hydrogens (tertiary/aromatic N) is 4. The molecule has 0 radical (unpaired) electrons. The average molecular weight is 1100 g/mol. The van der Waals surface area contributed by atoms with Crippen molar-refractivity contribution in [3.05, 3.63) is 107 Å². The van der Waals surface area contributed by atoms with Crippen LogP contribution in [0.1, 0.15) is 173 Å². The number of carbonyl (C=O) groups excluding carboxylic acids is 6. The van der Waals surface area contributed by atoms with Crippen molar-refractivity contribution in [2.75, 3.05) is 27.2 Å². The molecule has 2 saturated heterocycles. The lowest BCUT2D eigenvalue weighted by Crippen LogP contribution is -2.55. The second-order valence-corrected chi connectivity index (χ2v) is 23.1. The van der Waals surface area contributed by atoms with Gasteiger partial charge in [-0.2, -0.15) is 0 Å². The van der Waals surface area contributed by atoms with Crippen LogP contribution >= 0.6 is 0 Å². The SMILES string of the molecule is CN[C@@H](C)C(=O)N[C@H](C(=O)N1CCC[C@H]1c1cncc(-c2ccc(F)c(C(=O)NC3CCC(NC(=O)c4cc(-c5cncc([C@@H]6CCCN6C(=O)[C@@H](NC(=O)[C@H](C)NC)C6CCCCC6)c5)ccc4F)CC3)c2)c1)C1CCCCC1. The van der Waals surface area contributed by atoms with Crippen molar-refractivity contribution in [2.45, 2.75) is 178 Å². The number of nitrogens with one attached hydrogen (secondary N) is 6. The number of amides is 6. The van der Waals surface area contributed by atoms with Crippen LogP contribution in [0.2, 0.25) is 0 Å². The number of likely N-dealkylation sites (tertiary alicyclic amines) is 2. The summed E-state index contributed by atoms with van der Waals surface area (Å²) in [6.45, 7) is 4.67. The van der Waals surface area contributed by atoms with Crippen molar-refractivity contribution in [1.82, 2.24) is 51.7 Å². The van der Waals surface area contributed by atoms with Gasteiger partial charge in [0.15, 0.2) is 0 Å². The standard InChI is InChI=1S/C62H80F2N10O6/c1-37(65-3)57(75)71-55(39-13-7-5-8-14-39)61(79)73-27-11-17-53(73)45-29-43(33-67-35-45)41-19-25-51(63)49(31-41)59(77)69-47-21-23-48(24-22-47)70-60(78)50-32-42(20-26-52(50)64)44-30-46(36-68-34-44)54-18-12-28-74(54)62(80)56(40-15-9-6-10-16-40)72-58(76)38(2)66-4/h19-20,25-26,29-40,47-48,53-56,65-66H,5-18,21-24,27-28H2,1-4H3,(H,69,77)(H,70,78)(H,71,75)(H,72,76)/t37-,38-,47?,48?,53-,54-,55-,56-/m0/s1. The van der Waals surface area contributed by atoms with Crippen LogP contribution in [0.3, 0.4) is 0 Å². The van der Waals surface area contributed by atoms with Crippen LogP contribution < -0.4 is 31.9 Å². The molecule has 0 unspecified atom stereocenters. The number of hydrogen-bond acceptors (Lipinski definition) is 10. The van der Waals surface area contributed by atoms with Crippen LogP contribution in [-0.2, 0) is 19.2 Å². The third-order valence-electron chi connectivity index (χ3n) is 17.9. The minimum absolute atomic E-state index is 0.0581. The van der Waals surface area contributed by atoms with Crippen LogP contribution in [0.4, 0.5) is 8.78 Å². The van der Waals surface area contributed by atoms with Crippen LogP contribution in [0.5, 0.6) is 0 Å². The first kappa shape index (κ1) is 58.0. The first-order valence-corrected chi connectivity index (χ1v) is 29.4. The highest BCUT2D eigenvalue weighted by Crippen LogP contribution is 2.39. The molecule has 5 aliphatic rings. The summed E-state index contributed by atoms with van der Waals surface area (Å²) in [4.78, 5) is 95.5. The Labute approximate surface area is 469 Å². The molecule has 2 aromatic carbocycles. The van der Waals surface area contributed by atoms with E-state index >= 15 is 8.78 Å². The Morgan fingerprint density at radius 1 is 0.487 bits per heavy atom. The molecule has 80 heavy (non-hydrogen) atoms. The summed E-state index contributed by atoms with van der Waals surface area (Å²) in [7, 11) is 3.44. The highest BCUT2D eigenvalue weighted by molar-refractivity contribution is 5.97. The first-order chi connectivity index (χ1) is 38.7. The Hall–Kier alpha value is -6.66. The fourth-order valence-corrected chi connectivity index (χ4v) is 12.9. The van der Waals surface area contributed by atoms with Crippen LogP contribution in [-0.4, -0.2) is 119 Å². The van der Waals surface area contributed by atoms with Crippen molar-refractivity contribution in [2.24, 2.45) is 11.8 Å². The summed E-state index contributed by atoms with van der Waals surface area (Å²) < 4.78 is 31.0. The third kappa shape index (κ3) is 13.6. The lowest BCUT2D eigenvalue weighted by Gasteiger charge is -2.35. The van der Waals surface area contributed by atoms with E-state index in [-0.39, 0.29) is 70.8 Å². The summed E-state index contributed by atoms with van der Waals surface area (Å²) >= 11 is 0. The molecule has 2 aliphatic heterocycles. The Balaban J connectivity index is 0.807. The Bertz CT molecular complexity index is 2680. The molecule has 4 heterocycles. The maximum absolute atomic E-state index is 15.5. The Morgan fingerprint density at radius 2 is 0.875 bits per heavy atom. The number of rotatable bonds is 18. The number of aromatic nitrogens is 2. The Kier molecular flexibility index (Phi) is 19.4. The van der Waals surface area contributed by atoms with Crippen LogP contribution in [0, 0.1) is 23.5 Å². The van der Waals surface area contributed by atoms with Gasteiger partial charge in [0.05, 0.1) is 35.3 Å². The lowest BCUT2D eigenvalue weighted by atomic mass is 9.83. The first-order valence-electron chi connectivity index (χ1n) is 29.4. The van der Waals surface area contributed by atoms with Crippen LogP contribution in [0.25, 0.3) is 22.3 Å². The minimum Gasteiger partial charge on any atom is -0.349 e. The second-order valence-electron chi connectivity index (χ2n) is 23.1. The number of hydrogen-bond donors (Lipinski definition) is 6. The van der Waals surface area contributed by atoms with Gasteiger partial charge in [-0.15, -0.1) is 0 Å². The van der Waals surface area contributed by atoms with E-state index in [0.29, 0.717) is 61.0 Å². The normalized spacial score (nSPS) is 22.4. The molecule has 3 aliphatic carbocycles. The number of carbonyl (C=O) groups is 6. The fourth-order valence-electron chi connectivity index (χ4n) is 12.9. The third-order valence-corrected chi connectivity index (χ3v) is 17.9. The van der Waals surface area contributed by atoms with Gasteiger partial charge in [0, 0.05) is 61.1 Å². The van der Waals surface area contributed by atoms with Crippen molar-refractivity contribution in [1.29, 1.82) is 0 Å². The molecule has 5 fully saturated rings. The van der Waals surface area contributed by atoms with E-state index in [0.717, 1.165) is 101 Å². The van der Waals surface area contributed by atoms with E-state index in [4.69, 9.17) is 0 Å². The zero-order valence-corrected chi connectivity index (χ0v) is 46.8. The van der Waals surface area contributed by atoms with Gasteiger partial charge in [-0.05, 0) is 175 Å². The molecule has 6 amide bonds. The zero-order chi connectivity index (χ0) is 56.5. The van der Waals surface area contributed by atoms with E-state index in [1.165, 1.54) is 24.3 Å². The summed E-state index contributed by atoms with van der Waals surface area (Å²) in [5, 5.41) is 18.2. The predicted octanol–water partition coefficient (Wildman–Crippen LogP) is 8.23. The number of halogens is 2. The molecule has 0 spiro atoms. The van der Waals surface area contributed by atoms with Crippen molar-refractivity contribution in [3.63, 3.8) is 0 Å². The molecule has 3 saturated carbocycles. The van der Waals surface area contributed by atoms with E-state index in [1.807, 2.05) is 21.9 Å². The van der Waals surface area contributed by atoms with Gasteiger partial charge in [0.25, 0.3) is 11.8 Å². The zero-order valence-electron chi connectivity index (χ0n) is 46.8. The van der Waals surface area contributed by atoms with Crippen molar-refractivity contribution < 1.29 is 37.5 Å². The number of likely N-dealkylation sites (N-methyl/N-ethyl adjacent to an activating group) is 2. The number of pyridine rings is 2. The van der Waals surface area contributed by atoms with Gasteiger partial charge in [0.2, 0.25) is 23.6 Å². The van der Waals surface area contributed by atoms with Crippen molar-refractivity contribution in [3.8, 4) is 22.3 Å². The highest BCUT2D eigenvalue weighted by Gasteiger charge is 2.41. The molecule has 18 heteroatoms. The van der Waals surface area contributed by atoms with E-state index in [2.05, 4.69) is 41.9 Å². The molecule has 6 N–H and O–H groups in total. The monoisotopic (exact) mass is 1100 g/mol. The molecular formula is C62H80F2N10O6. The van der Waals surface area contributed by atoms with E-state index in [9.17, 15) is 28.8 Å². The lowest BCUT2D eigenvalue weighted by molar-refractivity contribution is -0.139. The molecule has 6 atom stereocenters. The van der Waals surface area contributed by atoms with E-state index < -0.39 is 47.6 Å². The maximum atomic E-state index is 15.5.